The molecule has 94 valence electrons. The van der Waals surface area contributed by atoms with Crippen molar-refractivity contribution in [1.82, 2.24) is 9.97 Å². The van der Waals surface area contributed by atoms with Crippen LogP contribution in [0.1, 0.15) is 38.3 Å². The average molecular weight is 235 g/mol. The summed E-state index contributed by atoms with van der Waals surface area (Å²) in [5, 5.41) is 3.44. The summed E-state index contributed by atoms with van der Waals surface area (Å²) in [6.07, 6.45) is 5.14. The van der Waals surface area contributed by atoms with Gasteiger partial charge in [-0.25, -0.2) is 4.98 Å². The molecule has 0 saturated heterocycles. The number of nitrogens with one attached hydrogen (secondary N) is 1. The second-order valence-electron chi connectivity index (χ2n) is 4.89. The Kier molecular flexibility index (Phi) is 3.82. The van der Waals surface area contributed by atoms with Gasteiger partial charge in [-0.15, -0.1) is 0 Å². The van der Waals surface area contributed by atoms with E-state index in [2.05, 4.69) is 22.2 Å². The van der Waals surface area contributed by atoms with Crippen LogP contribution >= 0.6 is 0 Å². The highest BCUT2D eigenvalue weighted by Gasteiger charge is 2.21. The molecule has 1 aromatic rings. The average Bonchev–Trinajstić information content (AvgIpc) is 2.31. The van der Waals surface area contributed by atoms with E-state index in [1.54, 1.807) is 7.11 Å². The third-order valence-corrected chi connectivity index (χ3v) is 3.47. The van der Waals surface area contributed by atoms with E-state index in [1.165, 1.54) is 25.7 Å². The van der Waals surface area contributed by atoms with Crippen molar-refractivity contribution >= 4 is 5.95 Å². The molecule has 1 aliphatic rings. The molecule has 1 aromatic heterocycles. The lowest BCUT2D eigenvalue weighted by molar-refractivity contribution is 0.347. The number of aryl methyl sites for hydroxylation is 1. The molecule has 2 unspecified atom stereocenters. The molecule has 1 fully saturated rings. The van der Waals surface area contributed by atoms with Crippen molar-refractivity contribution in [2.75, 3.05) is 12.4 Å². The van der Waals surface area contributed by atoms with Crippen LogP contribution < -0.4 is 10.1 Å². The summed E-state index contributed by atoms with van der Waals surface area (Å²) in [6.45, 7) is 4.25. The molecule has 1 aliphatic carbocycles. The molecule has 0 aliphatic heterocycles. The van der Waals surface area contributed by atoms with Crippen molar-refractivity contribution in [1.29, 1.82) is 0 Å². The second-order valence-corrected chi connectivity index (χ2v) is 4.89. The zero-order valence-corrected chi connectivity index (χ0v) is 10.9. The van der Waals surface area contributed by atoms with Crippen molar-refractivity contribution in [3.05, 3.63) is 11.8 Å². The molecule has 4 heteroatoms. The van der Waals surface area contributed by atoms with E-state index in [0.717, 1.165) is 5.69 Å². The molecule has 17 heavy (non-hydrogen) atoms. The van der Waals surface area contributed by atoms with Crippen LogP contribution in [-0.2, 0) is 0 Å². The van der Waals surface area contributed by atoms with E-state index >= 15 is 0 Å². The number of methoxy groups -OCH3 is 1. The van der Waals surface area contributed by atoms with Gasteiger partial charge >= 0.3 is 0 Å². The molecule has 4 nitrogen and oxygen atoms in total. The van der Waals surface area contributed by atoms with Crippen LogP contribution in [0.25, 0.3) is 0 Å². The Morgan fingerprint density at radius 1 is 1.29 bits per heavy atom. The van der Waals surface area contributed by atoms with Crippen LogP contribution in [0.3, 0.4) is 0 Å². The van der Waals surface area contributed by atoms with Gasteiger partial charge in [0, 0.05) is 17.8 Å². The molecular weight excluding hydrogens is 214 g/mol. The fourth-order valence-corrected chi connectivity index (χ4v) is 2.41. The van der Waals surface area contributed by atoms with Crippen LogP contribution in [-0.4, -0.2) is 23.1 Å². The SMILES string of the molecule is COc1cc(C)nc(NC2CCCCC2C)n1. The predicted molar refractivity (Wildman–Crippen MR) is 68.4 cm³/mol. The molecule has 0 amide bonds. The summed E-state index contributed by atoms with van der Waals surface area (Å²) in [4.78, 5) is 8.74. The third kappa shape index (κ3) is 3.08. The van der Waals surface area contributed by atoms with E-state index in [4.69, 9.17) is 4.74 Å². The Bertz CT molecular complexity index is 381. The summed E-state index contributed by atoms with van der Waals surface area (Å²) in [7, 11) is 1.63. The minimum absolute atomic E-state index is 0.496. The molecule has 2 rings (SSSR count). The number of hydrogen-bond acceptors (Lipinski definition) is 4. The van der Waals surface area contributed by atoms with Crippen molar-refractivity contribution in [2.45, 2.75) is 45.6 Å². The lowest BCUT2D eigenvalue weighted by atomic mass is 9.86. The van der Waals surface area contributed by atoms with Gasteiger partial charge in [-0.3, -0.25) is 0 Å². The van der Waals surface area contributed by atoms with Gasteiger partial charge in [0.05, 0.1) is 7.11 Å². The van der Waals surface area contributed by atoms with Gasteiger partial charge < -0.3 is 10.1 Å². The molecule has 1 N–H and O–H groups in total. The topological polar surface area (TPSA) is 47.0 Å². The van der Waals surface area contributed by atoms with E-state index in [-0.39, 0.29) is 0 Å². The fourth-order valence-electron chi connectivity index (χ4n) is 2.41. The Balaban J connectivity index is 2.09. The van der Waals surface area contributed by atoms with E-state index < -0.39 is 0 Å². The minimum Gasteiger partial charge on any atom is -0.481 e. The van der Waals surface area contributed by atoms with Crippen molar-refractivity contribution in [2.24, 2.45) is 5.92 Å². The first-order chi connectivity index (χ1) is 8.19. The molecule has 1 heterocycles. The normalized spacial score (nSPS) is 24.4. The van der Waals surface area contributed by atoms with Crippen LogP contribution in [0.15, 0.2) is 6.07 Å². The quantitative estimate of drug-likeness (QED) is 0.875. The highest BCUT2D eigenvalue weighted by atomic mass is 16.5. The van der Waals surface area contributed by atoms with Gasteiger partial charge in [0.1, 0.15) is 0 Å². The van der Waals surface area contributed by atoms with Crippen LogP contribution in [0.2, 0.25) is 0 Å². The maximum absolute atomic E-state index is 5.16. The van der Waals surface area contributed by atoms with Gasteiger partial charge in [-0.05, 0) is 25.7 Å². The van der Waals surface area contributed by atoms with Crippen molar-refractivity contribution in [3.63, 3.8) is 0 Å². The Hall–Kier alpha value is -1.32. The Morgan fingerprint density at radius 2 is 2.06 bits per heavy atom. The molecule has 0 aromatic carbocycles. The molecule has 2 atom stereocenters. The zero-order chi connectivity index (χ0) is 12.3. The largest absolute Gasteiger partial charge is 0.481 e. The fraction of sp³-hybridized carbons (Fsp3) is 0.692. The third-order valence-electron chi connectivity index (χ3n) is 3.47. The predicted octanol–water partition coefficient (Wildman–Crippen LogP) is 2.78. The number of hydrogen-bond donors (Lipinski definition) is 1. The molecule has 0 radical (unpaired) electrons. The van der Waals surface area contributed by atoms with Gasteiger partial charge in [0.25, 0.3) is 0 Å². The zero-order valence-electron chi connectivity index (χ0n) is 10.9. The van der Waals surface area contributed by atoms with Crippen molar-refractivity contribution < 1.29 is 4.74 Å². The molecule has 0 bridgehead atoms. The lowest BCUT2D eigenvalue weighted by Crippen LogP contribution is -2.31. The summed E-state index contributed by atoms with van der Waals surface area (Å²) in [5.41, 5.74) is 0.933. The Morgan fingerprint density at radius 3 is 2.76 bits per heavy atom. The summed E-state index contributed by atoms with van der Waals surface area (Å²) in [5.74, 6) is 2.02. The maximum atomic E-state index is 5.16. The van der Waals surface area contributed by atoms with Gasteiger partial charge in [-0.2, -0.15) is 4.98 Å². The molecular formula is C13H21N3O. The minimum atomic E-state index is 0.496. The number of ether oxygens (including phenoxy) is 1. The van der Waals surface area contributed by atoms with Crippen molar-refractivity contribution in [3.8, 4) is 5.88 Å². The first kappa shape index (κ1) is 12.1. The maximum Gasteiger partial charge on any atom is 0.226 e. The first-order valence-corrected chi connectivity index (χ1v) is 6.35. The number of aromatic nitrogens is 2. The standard InChI is InChI=1S/C13H21N3O/c1-9-6-4-5-7-11(9)15-13-14-10(2)8-12(16-13)17-3/h8-9,11H,4-7H2,1-3H3,(H,14,15,16). The second kappa shape index (κ2) is 5.34. The highest BCUT2D eigenvalue weighted by molar-refractivity contribution is 5.32. The highest BCUT2D eigenvalue weighted by Crippen LogP contribution is 2.26. The van der Waals surface area contributed by atoms with E-state index in [9.17, 15) is 0 Å². The van der Waals surface area contributed by atoms with Crippen LogP contribution in [0, 0.1) is 12.8 Å². The molecule has 0 spiro atoms. The number of nitrogens with zero attached hydrogens (tertiary/aromatic N) is 2. The van der Waals surface area contributed by atoms with E-state index in [0.29, 0.717) is 23.8 Å². The Labute approximate surface area is 103 Å². The van der Waals surface area contributed by atoms with Gasteiger partial charge in [0.15, 0.2) is 0 Å². The monoisotopic (exact) mass is 235 g/mol. The van der Waals surface area contributed by atoms with Crippen LogP contribution in [0.5, 0.6) is 5.88 Å². The molecule has 1 saturated carbocycles. The first-order valence-electron chi connectivity index (χ1n) is 6.35. The lowest BCUT2D eigenvalue weighted by Gasteiger charge is -2.29. The summed E-state index contributed by atoms with van der Waals surface area (Å²) >= 11 is 0. The van der Waals surface area contributed by atoms with Gasteiger partial charge in [-0.1, -0.05) is 19.8 Å². The smallest absolute Gasteiger partial charge is 0.226 e. The summed E-state index contributed by atoms with van der Waals surface area (Å²) < 4.78 is 5.16. The van der Waals surface area contributed by atoms with E-state index in [1.807, 2.05) is 13.0 Å². The van der Waals surface area contributed by atoms with Crippen LogP contribution in [0.4, 0.5) is 5.95 Å². The summed E-state index contributed by atoms with van der Waals surface area (Å²) in [6, 6.07) is 2.34. The number of anilines is 1. The number of rotatable bonds is 3. The van der Waals surface area contributed by atoms with Gasteiger partial charge in [0.2, 0.25) is 11.8 Å².